The number of nitrogens with zero attached hydrogens (tertiary/aromatic N) is 1. The zero-order chi connectivity index (χ0) is 19.2. The van der Waals surface area contributed by atoms with Crippen LogP contribution in [0, 0.1) is 13.8 Å². The molecular weight excluding hydrogens is 387 g/mol. The molecule has 0 aliphatic heterocycles. The van der Waals surface area contributed by atoms with Crippen LogP contribution in [0.25, 0.3) is 10.2 Å². The molecule has 2 aromatic heterocycles. The first kappa shape index (κ1) is 18.5. The summed E-state index contributed by atoms with van der Waals surface area (Å²) < 4.78 is 38.6. The molecule has 0 aliphatic carbocycles. The Kier molecular flexibility index (Phi) is 4.58. The van der Waals surface area contributed by atoms with Crippen LogP contribution in [0.15, 0.2) is 24.3 Å². The molecule has 0 atom stereocenters. The molecule has 9 heteroatoms. The van der Waals surface area contributed by atoms with Crippen molar-refractivity contribution in [2.45, 2.75) is 20.0 Å². The number of carbonyl (C=O) groups excluding carboxylic acids is 1. The second-order valence-electron chi connectivity index (χ2n) is 5.75. The van der Waals surface area contributed by atoms with E-state index in [1.165, 1.54) is 0 Å². The topological polar surface area (TPSA) is 68.0 Å². The van der Waals surface area contributed by atoms with Crippen molar-refractivity contribution in [3.05, 3.63) is 51.0 Å². The van der Waals surface area contributed by atoms with Crippen molar-refractivity contribution in [2.75, 3.05) is 11.1 Å². The fourth-order valence-corrected chi connectivity index (χ4v) is 3.89. The van der Waals surface area contributed by atoms with Crippen LogP contribution in [0.4, 0.5) is 24.5 Å². The van der Waals surface area contributed by atoms with Gasteiger partial charge in [0.1, 0.15) is 9.71 Å². The predicted molar refractivity (Wildman–Crippen MR) is 97.9 cm³/mol. The summed E-state index contributed by atoms with van der Waals surface area (Å²) in [6.45, 7) is 3.68. The van der Waals surface area contributed by atoms with Crippen LogP contribution >= 0.6 is 22.9 Å². The van der Waals surface area contributed by atoms with Gasteiger partial charge in [0.15, 0.2) is 0 Å². The van der Waals surface area contributed by atoms with Crippen molar-refractivity contribution in [1.29, 1.82) is 0 Å². The fourth-order valence-electron chi connectivity index (χ4n) is 2.61. The summed E-state index contributed by atoms with van der Waals surface area (Å²) in [7, 11) is 0. The molecule has 0 saturated carbocycles. The number of hydrogen-bond acceptors (Lipinski definition) is 4. The summed E-state index contributed by atoms with van der Waals surface area (Å²) >= 11 is 7.00. The number of aromatic nitrogens is 1. The highest BCUT2D eigenvalue weighted by atomic mass is 35.5. The second kappa shape index (κ2) is 6.44. The average molecular weight is 400 g/mol. The third-order valence-corrected chi connectivity index (χ3v) is 5.20. The molecule has 1 amide bonds. The molecule has 0 aliphatic rings. The lowest BCUT2D eigenvalue weighted by molar-refractivity contribution is -0.137. The van der Waals surface area contributed by atoms with Crippen molar-refractivity contribution in [3.8, 4) is 0 Å². The van der Waals surface area contributed by atoms with E-state index >= 15 is 0 Å². The van der Waals surface area contributed by atoms with Crippen LogP contribution in [0.1, 0.15) is 26.5 Å². The van der Waals surface area contributed by atoms with Crippen molar-refractivity contribution in [1.82, 2.24) is 4.98 Å². The molecule has 26 heavy (non-hydrogen) atoms. The Balaban J connectivity index is 2.00. The second-order valence-corrected chi connectivity index (χ2v) is 7.16. The van der Waals surface area contributed by atoms with Gasteiger partial charge < -0.3 is 11.1 Å². The van der Waals surface area contributed by atoms with E-state index < -0.39 is 17.6 Å². The highest BCUT2D eigenvalue weighted by Crippen LogP contribution is 2.37. The van der Waals surface area contributed by atoms with Gasteiger partial charge in [0.25, 0.3) is 5.91 Å². The minimum atomic E-state index is -4.54. The average Bonchev–Trinajstić information content (AvgIpc) is 2.85. The van der Waals surface area contributed by atoms with E-state index in [2.05, 4.69) is 10.3 Å². The first-order valence-electron chi connectivity index (χ1n) is 7.42. The molecule has 4 nitrogen and oxygen atoms in total. The summed E-state index contributed by atoms with van der Waals surface area (Å²) in [6, 6.07) is 4.57. The van der Waals surface area contributed by atoms with Crippen LogP contribution in [-0.4, -0.2) is 10.9 Å². The number of alkyl halides is 3. The molecular formula is C17H13ClF3N3OS. The number of nitrogens with two attached hydrogens (primary N) is 1. The number of anilines is 2. The Morgan fingerprint density at radius 2 is 1.96 bits per heavy atom. The number of amides is 1. The lowest BCUT2D eigenvalue weighted by Gasteiger charge is -2.11. The van der Waals surface area contributed by atoms with Crippen molar-refractivity contribution in [3.63, 3.8) is 0 Å². The summed E-state index contributed by atoms with van der Waals surface area (Å²) in [5.41, 5.74) is 6.94. The number of carbonyl (C=O) groups is 1. The van der Waals surface area contributed by atoms with Gasteiger partial charge in [0.2, 0.25) is 0 Å². The van der Waals surface area contributed by atoms with E-state index in [0.717, 1.165) is 40.8 Å². The van der Waals surface area contributed by atoms with E-state index in [1.54, 1.807) is 0 Å². The van der Waals surface area contributed by atoms with Crippen LogP contribution < -0.4 is 11.1 Å². The van der Waals surface area contributed by atoms with Gasteiger partial charge in [-0.2, -0.15) is 13.2 Å². The Morgan fingerprint density at radius 3 is 2.62 bits per heavy atom. The zero-order valence-corrected chi connectivity index (χ0v) is 15.2. The Bertz CT molecular complexity index is 1030. The Hall–Kier alpha value is -2.32. The number of fused-ring (bicyclic) bond motifs is 1. The van der Waals surface area contributed by atoms with Gasteiger partial charge in [-0.1, -0.05) is 11.6 Å². The maximum absolute atomic E-state index is 12.9. The molecule has 0 unspecified atom stereocenters. The maximum atomic E-state index is 12.9. The fraction of sp³-hybridized carbons (Fsp3) is 0.176. The number of pyridine rings is 1. The number of aryl methyl sites for hydroxylation is 2. The third-order valence-electron chi connectivity index (χ3n) is 3.77. The normalized spacial score (nSPS) is 11.8. The molecule has 3 aromatic rings. The number of benzene rings is 1. The molecule has 0 bridgehead atoms. The number of halogens is 4. The molecule has 0 radical (unpaired) electrons. The van der Waals surface area contributed by atoms with Crippen molar-refractivity contribution >= 4 is 50.4 Å². The molecule has 2 heterocycles. The van der Waals surface area contributed by atoms with Gasteiger partial charge in [-0.3, -0.25) is 4.79 Å². The maximum Gasteiger partial charge on any atom is 0.416 e. The Morgan fingerprint density at radius 1 is 1.27 bits per heavy atom. The van der Waals surface area contributed by atoms with E-state index in [4.69, 9.17) is 17.3 Å². The van der Waals surface area contributed by atoms with Gasteiger partial charge >= 0.3 is 6.18 Å². The summed E-state index contributed by atoms with van der Waals surface area (Å²) in [5, 5.41) is 3.07. The number of thiophene rings is 1. The number of rotatable bonds is 2. The highest BCUT2D eigenvalue weighted by Gasteiger charge is 2.31. The van der Waals surface area contributed by atoms with Gasteiger partial charge in [-0.05, 0) is 43.7 Å². The standard InChI is InChI=1S/C17H13ClF3N3OS/c1-7-5-8(2)23-16-12(7)13(22)14(26-16)15(25)24-11-6-9(17(19,20)21)3-4-10(11)18/h3-6H,22H2,1-2H3,(H,24,25). The number of hydrogen-bond donors (Lipinski definition) is 2. The van der Waals surface area contributed by atoms with E-state index in [9.17, 15) is 18.0 Å². The molecule has 0 spiro atoms. The van der Waals surface area contributed by atoms with Gasteiger partial charge in [-0.25, -0.2) is 4.98 Å². The largest absolute Gasteiger partial charge is 0.416 e. The summed E-state index contributed by atoms with van der Waals surface area (Å²) in [4.78, 5) is 17.7. The Labute approximate surface area is 155 Å². The molecule has 0 fully saturated rings. The van der Waals surface area contributed by atoms with Gasteiger partial charge in [0, 0.05) is 11.1 Å². The number of nitrogens with one attached hydrogen (secondary N) is 1. The van der Waals surface area contributed by atoms with Crippen LogP contribution in [-0.2, 0) is 6.18 Å². The van der Waals surface area contributed by atoms with E-state index in [-0.39, 0.29) is 21.3 Å². The van der Waals surface area contributed by atoms with Crippen molar-refractivity contribution < 1.29 is 18.0 Å². The number of nitrogen functional groups attached to an aromatic ring is 1. The minimum absolute atomic E-state index is 0.00353. The highest BCUT2D eigenvalue weighted by molar-refractivity contribution is 7.21. The minimum Gasteiger partial charge on any atom is -0.397 e. The summed E-state index contributed by atoms with van der Waals surface area (Å²) in [5.74, 6) is -0.635. The van der Waals surface area contributed by atoms with Crippen molar-refractivity contribution in [2.24, 2.45) is 0 Å². The van der Waals surface area contributed by atoms with E-state index in [1.807, 2.05) is 19.9 Å². The molecule has 3 N–H and O–H groups in total. The lowest BCUT2D eigenvalue weighted by atomic mass is 10.1. The molecule has 136 valence electrons. The molecule has 1 aromatic carbocycles. The predicted octanol–water partition coefficient (Wildman–Crippen LogP) is 5.42. The zero-order valence-electron chi connectivity index (χ0n) is 13.7. The first-order chi connectivity index (χ1) is 12.1. The van der Waals surface area contributed by atoms with Crippen LogP contribution in [0.2, 0.25) is 5.02 Å². The smallest absolute Gasteiger partial charge is 0.397 e. The lowest BCUT2D eigenvalue weighted by Crippen LogP contribution is -2.13. The van der Waals surface area contributed by atoms with Gasteiger partial charge in [0.05, 0.1) is 22.0 Å². The van der Waals surface area contributed by atoms with Crippen LogP contribution in [0.3, 0.4) is 0 Å². The third kappa shape index (κ3) is 3.34. The first-order valence-corrected chi connectivity index (χ1v) is 8.61. The summed E-state index contributed by atoms with van der Waals surface area (Å²) in [6.07, 6.45) is -4.54. The molecule has 0 saturated heterocycles. The monoisotopic (exact) mass is 399 g/mol. The quantitative estimate of drug-likeness (QED) is 0.604. The molecule has 3 rings (SSSR count). The van der Waals surface area contributed by atoms with Crippen LogP contribution in [0.5, 0.6) is 0 Å². The van der Waals surface area contributed by atoms with Gasteiger partial charge in [-0.15, -0.1) is 11.3 Å². The van der Waals surface area contributed by atoms with E-state index in [0.29, 0.717) is 10.2 Å². The SMILES string of the molecule is Cc1cc(C)c2c(N)c(C(=O)Nc3cc(C(F)(F)F)ccc3Cl)sc2n1.